The van der Waals surface area contributed by atoms with Crippen molar-refractivity contribution in [3.05, 3.63) is 55.2 Å². The molecule has 1 aliphatic heterocycles. The molecule has 20 heavy (non-hydrogen) atoms. The van der Waals surface area contributed by atoms with E-state index in [1.54, 1.807) is 0 Å². The Morgan fingerprint density at radius 3 is 2.05 bits per heavy atom. The number of aryl methyl sites for hydroxylation is 2. The van der Waals surface area contributed by atoms with Gasteiger partial charge in [-0.25, -0.2) is 0 Å². The monoisotopic (exact) mass is 349 g/mol. The Labute approximate surface area is 129 Å². The fraction of sp³-hybridized carbons (Fsp3) is 0.200. The van der Waals surface area contributed by atoms with Gasteiger partial charge in [-0.05, 0) is 52.4 Å². The molecule has 0 atom stereocenters. The van der Waals surface area contributed by atoms with Crippen LogP contribution in [0.25, 0.3) is 0 Å². The lowest BCUT2D eigenvalue weighted by atomic mass is 9.99. The average Bonchev–Trinajstić information content (AvgIpc) is 2.92. The third-order valence-electron chi connectivity index (χ3n) is 3.53. The van der Waals surface area contributed by atoms with Crippen molar-refractivity contribution in [2.75, 3.05) is 0 Å². The van der Waals surface area contributed by atoms with Crippen molar-refractivity contribution in [2.45, 2.75) is 20.4 Å². The average molecular weight is 350 g/mol. The van der Waals surface area contributed by atoms with Crippen molar-refractivity contribution in [3.63, 3.8) is 0 Å². The first-order valence-electron chi connectivity index (χ1n) is 6.19. The van der Waals surface area contributed by atoms with Gasteiger partial charge in [-0.15, -0.1) is 11.3 Å². The smallest absolute Gasteiger partial charge is 0.262 e. The van der Waals surface area contributed by atoms with Crippen LogP contribution < -0.4 is 0 Å². The Bertz CT molecular complexity index is 694. The van der Waals surface area contributed by atoms with E-state index in [-0.39, 0.29) is 11.8 Å². The minimum absolute atomic E-state index is 0.188. The van der Waals surface area contributed by atoms with E-state index in [1.807, 2.05) is 37.4 Å². The molecule has 0 saturated heterocycles. The van der Waals surface area contributed by atoms with Gasteiger partial charge < -0.3 is 0 Å². The van der Waals surface area contributed by atoms with Crippen molar-refractivity contribution in [1.82, 2.24) is 4.90 Å². The van der Waals surface area contributed by atoms with E-state index in [0.717, 1.165) is 20.5 Å². The first-order chi connectivity index (χ1) is 9.50. The summed E-state index contributed by atoms with van der Waals surface area (Å²) in [6, 6.07) is 5.71. The third-order valence-corrected chi connectivity index (χ3v) is 5.44. The first-order valence-corrected chi connectivity index (χ1v) is 7.86. The SMILES string of the molecule is Cc1ccc(C)c2c1C(=O)N(Cc1sccc1Br)C2=O. The molecule has 3 nitrogen and oxygen atoms in total. The van der Waals surface area contributed by atoms with Gasteiger partial charge in [0.05, 0.1) is 17.7 Å². The number of halogens is 1. The van der Waals surface area contributed by atoms with E-state index in [9.17, 15) is 9.59 Å². The number of hydrogen-bond donors (Lipinski definition) is 0. The van der Waals surface area contributed by atoms with Gasteiger partial charge in [0.2, 0.25) is 0 Å². The Balaban J connectivity index is 2.04. The van der Waals surface area contributed by atoms with Crippen molar-refractivity contribution in [2.24, 2.45) is 0 Å². The fourth-order valence-electron chi connectivity index (χ4n) is 2.45. The van der Waals surface area contributed by atoms with Crippen LogP contribution >= 0.6 is 27.3 Å². The summed E-state index contributed by atoms with van der Waals surface area (Å²) in [5, 5.41) is 1.94. The van der Waals surface area contributed by atoms with Crippen LogP contribution in [0.5, 0.6) is 0 Å². The summed E-state index contributed by atoms with van der Waals surface area (Å²) in [7, 11) is 0. The lowest BCUT2D eigenvalue weighted by Gasteiger charge is -2.13. The number of thiophene rings is 1. The summed E-state index contributed by atoms with van der Waals surface area (Å²) in [5.41, 5.74) is 2.83. The number of carbonyl (C=O) groups is 2. The number of imide groups is 1. The second-order valence-electron chi connectivity index (χ2n) is 4.84. The minimum Gasteiger partial charge on any atom is -0.269 e. The van der Waals surface area contributed by atoms with E-state index in [1.165, 1.54) is 16.2 Å². The Morgan fingerprint density at radius 1 is 1.05 bits per heavy atom. The topological polar surface area (TPSA) is 37.4 Å². The fourth-order valence-corrected chi connectivity index (χ4v) is 3.92. The molecule has 2 heterocycles. The molecule has 0 bridgehead atoms. The summed E-state index contributed by atoms with van der Waals surface area (Å²) in [5.74, 6) is -0.377. The van der Waals surface area contributed by atoms with Gasteiger partial charge in [-0.1, -0.05) is 12.1 Å². The number of hydrogen-bond acceptors (Lipinski definition) is 3. The molecule has 0 radical (unpaired) electrons. The van der Waals surface area contributed by atoms with Crippen molar-refractivity contribution >= 4 is 39.1 Å². The van der Waals surface area contributed by atoms with Crippen LogP contribution in [-0.4, -0.2) is 16.7 Å². The Kier molecular flexibility index (Phi) is 3.26. The Morgan fingerprint density at radius 2 is 1.60 bits per heavy atom. The summed E-state index contributed by atoms with van der Waals surface area (Å²) in [6.45, 7) is 4.06. The molecular weight excluding hydrogens is 338 g/mol. The van der Waals surface area contributed by atoms with Crippen LogP contribution in [0.2, 0.25) is 0 Å². The van der Waals surface area contributed by atoms with Crippen LogP contribution in [0.4, 0.5) is 0 Å². The number of rotatable bonds is 2. The van der Waals surface area contributed by atoms with Crippen LogP contribution in [0.15, 0.2) is 28.1 Å². The highest BCUT2D eigenvalue weighted by atomic mass is 79.9. The van der Waals surface area contributed by atoms with Gasteiger partial charge in [-0.2, -0.15) is 0 Å². The number of nitrogens with zero attached hydrogens (tertiary/aromatic N) is 1. The van der Waals surface area contributed by atoms with Gasteiger partial charge in [0.15, 0.2) is 0 Å². The molecule has 1 aliphatic rings. The second kappa shape index (κ2) is 4.82. The maximum absolute atomic E-state index is 12.5. The molecule has 0 N–H and O–H groups in total. The predicted octanol–water partition coefficient (Wildman–Crippen LogP) is 3.92. The van der Waals surface area contributed by atoms with Crippen molar-refractivity contribution in [1.29, 1.82) is 0 Å². The first kappa shape index (κ1) is 13.5. The second-order valence-corrected chi connectivity index (χ2v) is 6.69. The zero-order chi connectivity index (χ0) is 14.4. The molecule has 0 aliphatic carbocycles. The highest BCUT2D eigenvalue weighted by molar-refractivity contribution is 9.10. The molecule has 0 spiro atoms. The number of amides is 2. The number of benzene rings is 1. The van der Waals surface area contributed by atoms with Crippen LogP contribution in [-0.2, 0) is 6.54 Å². The quantitative estimate of drug-likeness (QED) is 0.770. The molecule has 2 aromatic rings. The molecule has 1 aromatic carbocycles. The number of carbonyl (C=O) groups excluding carboxylic acids is 2. The molecule has 3 rings (SSSR count). The lowest BCUT2D eigenvalue weighted by molar-refractivity contribution is 0.0643. The summed E-state index contributed by atoms with van der Waals surface area (Å²) >= 11 is 4.97. The van der Waals surface area contributed by atoms with Gasteiger partial charge in [0, 0.05) is 9.35 Å². The zero-order valence-corrected chi connectivity index (χ0v) is 13.5. The van der Waals surface area contributed by atoms with Crippen LogP contribution in [0, 0.1) is 13.8 Å². The highest BCUT2D eigenvalue weighted by Crippen LogP contribution is 2.32. The van der Waals surface area contributed by atoms with E-state index in [4.69, 9.17) is 0 Å². The van der Waals surface area contributed by atoms with Crippen LogP contribution in [0.3, 0.4) is 0 Å². The molecule has 0 saturated carbocycles. The highest BCUT2D eigenvalue weighted by Gasteiger charge is 2.38. The van der Waals surface area contributed by atoms with Gasteiger partial charge in [0.25, 0.3) is 11.8 Å². The molecule has 102 valence electrons. The van der Waals surface area contributed by atoms with Gasteiger partial charge in [0.1, 0.15) is 0 Å². The van der Waals surface area contributed by atoms with E-state index < -0.39 is 0 Å². The molecule has 5 heteroatoms. The van der Waals surface area contributed by atoms with E-state index in [2.05, 4.69) is 15.9 Å². The normalized spacial score (nSPS) is 14.1. The molecule has 2 amide bonds. The maximum atomic E-state index is 12.5. The number of fused-ring (bicyclic) bond motifs is 1. The summed E-state index contributed by atoms with van der Waals surface area (Å²) in [4.78, 5) is 27.3. The largest absolute Gasteiger partial charge is 0.269 e. The molecule has 0 fully saturated rings. The third kappa shape index (κ3) is 1.93. The van der Waals surface area contributed by atoms with Gasteiger partial charge in [-0.3, -0.25) is 14.5 Å². The standard InChI is InChI=1S/C15H12BrNO2S/c1-8-3-4-9(2)13-12(8)14(18)17(15(13)19)7-11-10(16)5-6-20-11/h3-6H,7H2,1-2H3. The zero-order valence-electron chi connectivity index (χ0n) is 11.1. The lowest BCUT2D eigenvalue weighted by Crippen LogP contribution is -2.29. The van der Waals surface area contributed by atoms with E-state index in [0.29, 0.717) is 17.7 Å². The maximum Gasteiger partial charge on any atom is 0.262 e. The minimum atomic E-state index is -0.188. The van der Waals surface area contributed by atoms with E-state index >= 15 is 0 Å². The van der Waals surface area contributed by atoms with Crippen LogP contribution in [0.1, 0.15) is 36.7 Å². The Hall–Kier alpha value is -1.46. The predicted molar refractivity (Wildman–Crippen MR) is 82.1 cm³/mol. The summed E-state index contributed by atoms with van der Waals surface area (Å²) < 4.78 is 0.938. The van der Waals surface area contributed by atoms with Crippen molar-refractivity contribution < 1.29 is 9.59 Å². The molecule has 1 aromatic heterocycles. The summed E-state index contributed by atoms with van der Waals surface area (Å²) in [6.07, 6.45) is 0. The molecular formula is C15H12BrNO2S. The van der Waals surface area contributed by atoms with Gasteiger partial charge >= 0.3 is 0 Å². The molecule has 0 unspecified atom stereocenters. The van der Waals surface area contributed by atoms with Crippen molar-refractivity contribution in [3.8, 4) is 0 Å².